The van der Waals surface area contributed by atoms with Crippen molar-refractivity contribution in [2.24, 2.45) is 0 Å². The number of anilines is 2. The molecular weight excluding hydrogens is 408 g/mol. The second-order valence-corrected chi connectivity index (χ2v) is 8.82. The van der Waals surface area contributed by atoms with E-state index in [1.54, 1.807) is 42.5 Å². The van der Waals surface area contributed by atoms with Gasteiger partial charge in [0.15, 0.2) is 0 Å². The van der Waals surface area contributed by atoms with Crippen molar-refractivity contribution < 1.29 is 8.42 Å². The first-order chi connectivity index (χ1) is 15.0. The summed E-state index contributed by atoms with van der Waals surface area (Å²) in [7, 11) is -3.67. The molecule has 0 amide bonds. The highest BCUT2D eigenvalue weighted by atomic mass is 32.2. The van der Waals surface area contributed by atoms with Crippen LogP contribution in [0, 0.1) is 6.92 Å². The maximum atomic E-state index is 12.6. The Morgan fingerprint density at radius 3 is 2.29 bits per heavy atom. The quantitative estimate of drug-likeness (QED) is 0.437. The van der Waals surface area contributed by atoms with Crippen molar-refractivity contribution in [2.45, 2.75) is 18.4 Å². The molecule has 2 N–H and O–H groups in total. The SMILES string of the molecule is Cc1ccc(S(=O)(=O)Nc2cccc(-c3ccc(NCc4ccccc4)nn3)c2)cc1. The van der Waals surface area contributed by atoms with Gasteiger partial charge in [-0.2, -0.15) is 0 Å². The minimum atomic E-state index is -3.67. The molecule has 0 aliphatic rings. The van der Waals surface area contributed by atoms with Crippen molar-refractivity contribution in [1.82, 2.24) is 10.2 Å². The van der Waals surface area contributed by atoms with E-state index in [4.69, 9.17) is 0 Å². The zero-order chi connectivity index (χ0) is 21.7. The number of aryl methyl sites for hydroxylation is 1. The smallest absolute Gasteiger partial charge is 0.261 e. The van der Waals surface area contributed by atoms with Gasteiger partial charge in [-0.1, -0.05) is 60.2 Å². The van der Waals surface area contributed by atoms with Crippen molar-refractivity contribution in [2.75, 3.05) is 10.0 Å². The highest BCUT2D eigenvalue weighted by Crippen LogP contribution is 2.23. The number of sulfonamides is 1. The van der Waals surface area contributed by atoms with Crippen LogP contribution < -0.4 is 10.0 Å². The van der Waals surface area contributed by atoms with Gasteiger partial charge < -0.3 is 5.32 Å². The first-order valence-corrected chi connectivity index (χ1v) is 11.3. The highest BCUT2D eigenvalue weighted by molar-refractivity contribution is 7.92. The van der Waals surface area contributed by atoms with Crippen molar-refractivity contribution in [3.63, 3.8) is 0 Å². The Balaban J connectivity index is 1.47. The van der Waals surface area contributed by atoms with E-state index in [1.807, 2.05) is 55.5 Å². The van der Waals surface area contributed by atoms with E-state index in [0.717, 1.165) is 16.7 Å². The van der Waals surface area contributed by atoms with E-state index in [-0.39, 0.29) is 4.90 Å². The minimum Gasteiger partial charge on any atom is -0.365 e. The summed E-state index contributed by atoms with van der Waals surface area (Å²) < 4.78 is 27.9. The number of rotatable bonds is 7. The summed E-state index contributed by atoms with van der Waals surface area (Å²) in [6, 6.07) is 27.6. The predicted octanol–water partition coefficient (Wildman–Crippen LogP) is 4.86. The van der Waals surface area contributed by atoms with E-state index in [0.29, 0.717) is 23.7 Å². The van der Waals surface area contributed by atoms with E-state index in [9.17, 15) is 8.42 Å². The molecule has 3 aromatic carbocycles. The number of nitrogens with one attached hydrogen (secondary N) is 2. The molecule has 0 spiro atoms. The summed E-state index contributed by atoms with van der Waals surface area (Å²) in [5.41, 5.74) is 4.04. The van der Waals surface area contributed by atoms with Gasteiger partial charge in [0.1, 0.15) is 5.82 Å². The maximum absolute atomic E-state index is 12.6. The maximum Gasteiger partial charge on any atom is 0.261 e. The lowest BCUT2D eigenvalue weighted by molar-refractivity contribution is 0.601. The monoisotopic (exact) mass is 430 g/mol. The fraction of sp³-hybridized carbons (Fsp3) is 0.0833. The fourth-order valence-corrected chi connectivity index (χ4v) is 4.09. The molecule has 31 heavy (non-hydrogen) atoms. The van der Waals surface area contributed by atoms with Crippen LogP contribution in [0.1, 0.15) is 11.1 Å². The summed E-state index contributed by atoms with van der Waals surface area (Å²) in [6.07, 6.45) is 0. The number of hydrogen-bond acceptors (Lipinski definition) is 5. The molecule has 0 radical (unpaired) electrons. The summed E-state index contributed by atoms with van der Waals surface area (Å²) >= 11 is 0. The molecule has 0 atom stereocenters. The van der Waals surface area contributed by atoms with Crippen LogP contribution >= 0.6 is 0 Å². The average molecular weight is 431 g/mol. The Kier molecular flexibility index (Phi) is 5.95. The first-order valence-electron chi connectivity index (χ1n) is 9.81. The van der Waals surface area contributed by atoms with Gasteiger partial charge in [-0.25, -0.2) is 8.42 Å². The topological polar surface area (TPSA) is 84.0 Å². The number of aromatic nitrogens is 2. The summed E-state index contributed by atoms with van der Waals surface area (Å²) in [6.45, 7) is 2.57. The number of nitrogens with zero attached hydrogens (tertiary/aromatic N) is 2. The normalized spacial score (nSPS) is 11.1. The molecule has 4 rings (SSSR count). The Labute approximate surface area is 182 Å². The molecule has 6 nitrogen and oxygen atoms in total. The summed E-state index contributed by atoms with van der Waals surface area (Å²) in [4.78, 5) is 0.220. The minimum absolute atomic E-state index is 0.220. The second-order valence-electron chi connectivity index (χ2n) is 7.14. The third kappa shape index (κ3) is 5.26. The van der Waals surface area contributed by atoms with E-state index in [2.05, 4.69) is 20.2 Å². The average Bonchev–Trinajstić information content (AvgIpc) is 2.79. The van der Waals surface area contributed by atoms with Gasteiger partial charge in [0.25, 0.3) is 10.0 Å². The van der Waals surface area contributed by atoms with Crippen LogP contribution in [0.3, 0.4) is 0 Å². The third-order valence-corrected chi connectivity index (χ3v) is 6.12. The summed E-state index contributed by atoms with van der Waals surface area (Å²) in [5.74, 6) is 0.670. The molecule has 0 fully saturated rings. The standard InChI is InChI=1S/C24H22N4O2S/c1-18-10-12-22(13-11-18)31(29,30)28-21-9-5-8-20(16-21)23-14-15-24(27-26-23)25-17-19-6-3-2-4-7-19/h2-16,28H,17H2,1H3,(H,25,27). The van der Waals surface area contributed by atoms with Crippen LogP contribution in [-0.4, -0.2) is 18.6 Å². The lowest BCUT2D eigenvalue weighted by Crippen LogP contribution is -2.12. The molecule has 0 saturated carbocycles. The van der Waals surface area contributed by atoms with Crippen molar-refractivity contribution in [3.05, 3.63) is 102 Å². The summed E-state index contributed by atoms with van der Waals surface area (Å²) in [5, 5.41) is 11.7. The van der Waals surface area contributed by atoms with Crippen LogP contribution in [0.15, 0.2) is 95.9 Å². The molecule has 7 heteroatoms. The Morgan fingerprint density at radius 1 is 0.806 bits per heavy atom. The molecule has 0 bridgehead atoms. The van der Waals surface area contributed by atoms with Crippen LogP contribution in [0.25, 0.3) is 11.3 Å². The molecule has 1 heterocycles. The zero-order valence-corrected chi connectivity index (χ0v) is 17.8. The molecule has 0 aliphatic heterocycles. The lowest BCUT2D eigenvalue weighted by atomic mass is 10.1. The molecular formula is C24H22N4O2S. The van der Waals surface area contributed by atoms with Gasteiger partial charge in [0, 0.05) is 17.8 Å². The van der Waals surface area contributed by atoms with Gasteiger partial charge in [0.2, 0.25) is 0 Å². The largest absolute Gasteiger partial charge is 0.365 e. The van der Waals surface area contributed by atoms with Crippen molar-refractivity contribution in [3.8, 4) is 11.3 Å². The molecule has 1 aromatic heterocycles. The van der Waals surface area contributed by atoms with Crippen LogP contribution in [-0.2, 0) is 16.6 Å². The fourth-order valence-electron chi connectivity index (χ4n) is 3.04. The van der Waals surface area contributed by atoms with Crippen LogP contribution in [0.5, 0.6) is 0 Å². The molecule has 0 unspecified atom stereocenters. The highest BCUT2D eigenvalue weighted by Gasteiger charge is 2.14. The lowest BCUT2D eigenvalue weighted by Gasteiger charge is -2.10. The first kappa shape index (κ1) is 20.6. The van der Waals surface area contributed by atoms with Gasteiger partial charge in [-0.05, 0) is 48.9 Å². The molecule has 0 aliphatic carbocycles. The van der Waals surface area contributed by atoms with Crippen LogP contribution in [0.2, 0.25) is 0 Å². The third-order valence-electron chi connectivity index (χ3n) is 4.72. The molecule has 4 aromatic rings. The van der Waals surface area contributed by atoms with E-state index >= 15 is 0 Å². The van der Waals surface area contributed by atoms with E-state index in [1.165, 1.54) is 0 Å². The Morgan fingerprint density at radius 2 is 1.58 bits per heavy atom. The van der Waals surface area contributed by atoms with Crippen molar-refractivity contribution in [1.29, 1.82) is 0 Å². The van der Waals surface area contributed by atoms with Crippen molar-refractivity contribution >= 4 is 21.5 Å². The Hall–Kier alpha value is -3.71. The van der Waals surface area contributed by atoms with Gasteiger partial charge in [0.05, 0.1) is 10.6 Å². The molecule has 0 saturated heterocycles. The number of benzene rings is 3. The van der Waals surface area contributed by atoms with Gasteiger partial charge in [-0.3, -0.25) is 4.72 Å². The molecule has 156 valence electrons. The van der Waals surface area contributed by atoms with Gasteiger partial charge in [-0.15, -0.1) is 10.2 Å². The predicted molar refractivity (Wildman–Crippen MR) is 123 cm³/mol. The van der Waals surface area contributed by atoms with Gasteiger partial charge >= 0.3 is 0 Å². The van der Waals surface area contributed by atoms with Crippen LogP contribution in [0.4, 0.5) is 11.5 Å². The Bertz CT molecular complexity index is 1260. The second kappa shape index (κ2) is 8.97. The van der Waals surface area contributed by atoms with E-state index < -0.39 is 10.0 Å². The number of hydrogen-bond donors (Lipinski definition) is 2. The zero-order valence-electron chi connectivity index (χ0n) is 17.0.